The van der Waals surface area contributed by atoms with E-state index >= 15 is 0 Å². The van der Waals surface area contributed by atoms with E-state index in [1.807, 2.05) is 6.92 Å². The van der Waals surface area contributed by atoms with Crippen molar-refractivity contribution in [2.75, 3.05) is 32.8 Å². The summed E-state index contributed by atoms with van der Waals surface area (Å²) in [5, 5.41) is 13.5. The number of rotatable bonds is 6. The number of hydrogen-bond donors (Lipinski definition) is 0. The zero-order chi connectivity index (χ0) is 26.4. The van der Waals surface area contributed by atoms with Gasteiger partial charge in [0.1, 0.15) is 5.82 Å². The zero-order valence-corrected chi connectivity index (χ0v) is 22.2. The third-order valence-corrected chi connectivity index (χ3v) is 9.21. The lowest BCUT2D eigenvalue weighted by molar-refractivity contribution is 0.0357. The van der Waals surface area contributed by atoms with Gasteiger partial charge < -0.3 is 4.74 Å². The van der Waals surface area contributed by atoms with Crippen LogP contribution in [0.3, 0.4) is 0 Å². The number of benzene rings is 2. The quantitative estimate of drug-likeness (QED) is 0.372. The molecule has 2 unspecified atom stereocenters. The fourth-order valence-corrected chi connectivity index (χ4v) is 6.82. The number of sulfonamides is 1. The lowest BCUT2D eigenvalue weighted by atomic mass is 9.96. The van der Waals surface area contributed by atoms with Crippen molar-refractivity contribution in [2.45, 2.75) is 36.9 Å². The van der Waals surface area contributed by atoms with Crippen molar-refractivity contribution in [3.05, 3.63) is 65.7 Å². The van der Waals surface area contributed by atoms with E-state index in [-0.39, 0.29) is 23.0 Å². The molecule has 2 aliphatic rings. The highest BCUT2D eigenvalue weighted by atomic mass is 32.2. The summed E-state index contributed by atoms with van der Waals surface area (Å²) >= 11 is 0. The molecule has 0 bridgehead atoms. The summed E-state index contributed by atoms with van der Waals surface area (Å²) in [7, 11) is -2.19. The number of aryl methyl sites for hydroxylation is 2. The molecule has 2 fully saturated rings. The Hall–Kier alpha value is -3.19. The highest BCUT2D eigenvalue weighted by molar-refractivity contribution is 7.89. The molecule has 0 spiro atoms. The summed E-state index contributed by atoms with van der Waals surface area (Å²) in [5.74, 6) is -0.298. The first kappa shape index (κ1) is 25.1. The van der Waals surface area contributed by atoms with Crippen molar-refractivity contribution in [3.63, 3.8) is 0 Å². The molecule has 4 aromatic rings. The first-order valence-electron chi connectivity index (χ1n) is 12.8. The Kier molecular flexibility index (Phi) is 6.50. The molecule has 2 aromatic carbocycles. The molecule has 4 heterocycles. The average molecular weight is 540 g/mol. The fraction of sp³-hybridized carbons (Fsp3) is 0.423. The standard InChI is InChI=1S/C26H30FN7O3S/c1-18-12-24-19(14-29-34(24)21-7-5-20(27)6-8-21)13-23(18)25-17-33(38(35,36)26-15-28-31(2)30-26)10-9-32(25)16-22-4-3-11-37-22/h5-8,12-15,22,25H,3-4,9-11,16-17H2,1-2H3. The van der Waals surface area contributed by atoms with Crippen LogP contribution < -0.4 is 0 Å². The van der Waals surface area contributed by atoms with Crippen molar-refractivity contribution in [1.29, 1.82) is 0 Å². The average Bonchev–Trinajstić information content (AvgIpc) is 3.66. The summed E-state index contributed by atoms with van der Waals surface area (Å²) in [6, 6.07) is 10.2. The summed E-state index contributed by atoms with van der Waals surface area (Å²) in [6.45, 7) is 4.80. The Morgan fingerprint density at radius 1 is 1.11 bits per heavy atom. The SMILES string of the molecule is Cc1cc2c(cnn2-c2ccc(F)cc2)cc1C1CN(S(=O)(=O)c2cnn(C)n2)CCN1CC1CCCO1. The highest BCUT2D eigenvalue weighted by Gasteiger charge is 2.38. The number of piperazine rings is 1. The minimum Gasteiger partial charge on any atom is -0.377 e. The monoisotopic (exact) mass is 539 g/mol. The number of aromatic nitrogens is 5. The molecule has 2 aromatic heterocycles. The minimum absolute atomic E-state index is 0.0425. The van der Waals surface area contributed by atoms with Gasteiger partial charge in [0, 0.05) is 51.3 Å². The first-order chi connectivity index (χ1) is 18.3. The van der Waals surface area contributed by atoms with Crippen LogP contribution in [0.25, 0.3) is 16.6 Å². The van der Waals surface area contributed by atoms with Gasteiger partial charge in [0.15, 0.2) is 0 Å². The van der Waals surface area contributed by atoms with E-state index in [9.17, 15) is 12.8 Å². The Labute approximate surface area is 220 Å². The predicted molar refractivity (Wildman–Crippen MR) is 139 cm³/mol. The van der Waals surface area contributed by atoms with Crippen molar-refractivity contribution in [3.8, 4) is 5.69 Å². The maximum Gasteiger partial charge on any atom is 0.264 e. The second kappa shape index (κ2) is 9.84. The first-order valence-corrected chi connectivity index (χ1v) is 14.2. The van der Waals surface area contributed by atoms with Crippen molar-refractivity contribution < 1.29 is 17.5 Å². The van der Waals surface area contributed by atoms with E-state index in [1.165, 1.54) is 27.4 Å². The van der Waals surface area contributed by atoms with Crippen LogP contribution in [-0.4, -0.2) is 81.3 Å². The molecule has 0 saturated carbocycles. The lowest BCUT2D eigenvalue weighted by Crippen LogP contribution is -2.52. The molecule has 0 amide bonds. The second-order valence-corrected chi connectivity index (χ2v) is 11.9. The molecular formula is C26H30FN7O3S. The van der Waals surface area contributed by atoms with Crippen LogP contribution in [0.1, 0.15) is 30.0 Å². The lowest BCUT2D eigenvalue weighted by Gasteiger charge is -2.42. The van der Waals surface area contributed by atoms with Crippen LogP contribution in [0.5, 0.6) is 0 Å². The van der Waals surface area contributed by atoms with E-state index in [0.717, 1.165) is 53.7 Å². The van der Waals surface area contributed by atoms with E-state index < -0.39 is 10.0 Å². The Bertz CT molecular complexity index is 1560. The van der Waals surface area contributed by atoms with Gasteiger partial charge in [-0.3, -0.25) is 4.90 Å². The largest absolute Gasteiger partial charge is 0.377 e. The van der Waals surface area contributed by atoms with Crippen LogP contribution in [-0.2, 0) is 21.8 Å². The number of ether oxygens (including phenoxy) is 1. The molecule has 0 radical (unpaired) electrons. The van der Waals surface area contributed by atoms with Crippen molar-refractivity contribution >= 4 is 20.9 Å². The third kappa shape index (κ3) is 4.62. The molecule has 6 rings (SSSR count). The molecule has 2 atom stereocenters. The summed E-state index contributed by atoms with van der Waals surface area (Å²) < 4.78 is 49.6. The van der Waals surface area contributed by atoms with E-state index in [4.69, 9.17) is 4.74 Å². The van der Waals surface area contributed by atoms with E-state index in [2.05, 4.69) is 32.3 Å². The van der Waals surface area contributed by atoms with Gasteiger partial charge in [-0.15, -0.1) is 5.10 Å². The van der Waals surface area contributed by atoms with E-state index in [1.54, 1.807) is 30.1 Å². The number of halogens is 1. The topological polar surface area (TPSA) is 98.4 Å². The Morgan fingerprint density at radius 2 is 1.92 bits per heavy atom. The third-order valence-electron chi connectivity index (χ3n) is 7.48. The Balaban J connectivity index is 1.37. The van der Waals surface area contributed by atoms with Gasteiger partial charge in [0.2, 0.25) is 5.03 Å². The van der Waals surface area contributed by atoms with Gasteiger partial charge in [0.05, 0.1) is 29.7 Å². The van der Waals surface area contributed by atoms with Gasteiger partial charge >= 0.3 is 0 Å². The van der Waals surface area contributed by atoms with Crippen LogP contribution >= 0.6 is 0 Å². The van der Waals surface area contributed by atoms with Crippen molar-refractivity contribution in [1.82, 2.24) is 34.0 Å². The van der Waals surface area contributed by atoms with Gasteiger partial charge in [-0.25, -0.2) is 17.5 Å². The van der Waals surface area contributed by atoms with Crippen LogP contribution in [0.2, 0.25) is 0 Å². The molecule has 2 aliphatic heterocycles. The van der Waals surface area contributed by atoms with Crippen LogP contribution in [0.4, 0.5) is 4.39 Å². The van der Waals surface area contributed by atoms with Gasteiger partial charge in [-0.2, -0.15) is 19.3 Å². The zero-order valence-electron chi connectivity index (χ0n) is 21.4. The molecule has 12 heteroatoms. The number of hydrogen-bond acceptors (Lipinski definition) is 7. The molecule has 0 N–H and O–H groups in total. The predicted octanol–water partition coefficient (Wildman–Crippen LogP) is 2.83. The van der Waals surface area contributed by atoms with Crippen molar-refractivity contribution in [2.24, 2.45) is 7.05 Å². The van der Waals surface area contributed by atoms with Crippen LogP contribution in [0, 0.1) is 12.7 Å². The molecule has 2 saturated heterocycles. The van der Waals surface area contributed by atoms with Gasteiger partial charge in [-0.1, -0.05) is 0 Å². The number of nitrogens with zero attached hydrogens (tertiary/aromatic N) is 7. The van der Waals surface area contributed by atoms with Gasteiger partial charge in [0.25, 0.3) is 10.0 Å². The fourth-order valence-electron chi connectivity index (χ4n) is 5.50. The van der Waals surface area contributed by atoms with Crippen LogP contribution in [0.15, 0.2) is 53.8 Å². The smallest absolute Gasteiger partial charge is 0.264 e. The van der Waals surface area contributed by atoms with Gasteiger partial charge in [-0.05, 0) is 67.3 Å². The molecular weight excluding hydrogens is 509 g/mol. The maximum absolute atomic E-state index is 13.5. The molecule has 0 aliphatic carbocycles. The molecule has 200 valence electrons. The second-order valence-electron chi connectivity index (χ2n) is 9.98. The maximum atomic E-state index is 13.5. The summed E-state index contributed by atoms with van der Waals surface area (Å²) in [4.78, 5) is 3.60. The Morgan fingerprint density at radius 3 is 2.63 bits per heavy atom. The molecule has 10 nitrogen and oxygen atoms in total. The van der Waals surface area contributed by atoms with E-state index in [0.29, 0.717) is 19.6 Å². The number of fused-ring (bicyclic) bond motifs is 1. The summed E-state index contributed by atoms with van der Waals surface area (Å²) in [6.07, 6.45) is 5.29. The normalized spacial score (nSPS) is 21.4. The summed E-state index contributed by atoms with van der Waals surface area (Å²) in [5.41, 5.74) is 3.76. The molecule has 38 heavy (non-hydrogen) atoms. The highest BCUT2D eigenvalue weighted by Crippen LogP contribution is 2.34. The minimum atomic E-state index is -3.79.